The van der Waals surface area contributed by atoms with Crippen molar-refractivity contribution in [1.82, 2.24) is 0 Å². The van der Waals surface area contributed by atoms with E-state index >= 15 is 0 Å². The normalized spacial score (nSPS) is 21.1. The fourth-order valence-electron chi connectivity index (χ4n) is 4.36. The summed E-state index contributed by atoms with van der Waals surface area (Å²) in [5.74, 6) is 1.81. The Kier molecular flexibility index (Phi) is 3.29. The summed E-state index contributed by atoms with van der Waals surface area (Å²) in [6, 6.07) is 7.82. The van der Waals surface area contributed by atoms with E-state index in [-0.39, 0.29) is 12.8 Å². The summed E-state index contributed by atoms with van der Waals surface area (Å²) in [6.07, 6.45) is 0.810. The minimum absolute atomic E-state index is 0.199. The third kappa shape index (κ3) is 2.13. The lowest BCUT2D eigenvalue weighted by Gasteiger charge is -2.40. The topological polar surface area (TPSA) is 66.4 Å². The molecule has 5 rings (SSSR count). The van der Waals surface area contributed by atoms with E-state index in [1.165, 1.54) is 6.92 Å². The number of esters is 1. The zero-order valence-electron chi connectivity index (χ0n) is 15.4. The third-order valence-electron chi connectivity index (χ3n) is 5.44. The molecule has 0 N–H and O–H groups in total. The zero-order chi connectivity index (χ0) is 18.8. The molecule has 1 unspecified atom stereocenters. The lowest BCUT2D eigenvalue weighted by atomic mass is 9.71. The maximum absolute atomic E-state index is 12.0. The highest BCUT2D eigenvalue weighted by atomic mass is 16.7. The second-order valence-corrected chi connectivity index (χ2v) is 7.04. The van der Waals surface area contributed by atoms with Crippen LogP contribution in [0.25, 0.3) is 11.1 Å². The van der Waals surface area contributed by atoms with Crippen LogP contribution in [0.1, 0.15) is 30.5 Å². The monoisotopic (exact) mass is 365 g/mol. The first-order valence-electron chi connectivity index (χ1n) is 8.92. The van der Waals surface area contributed by atoms with Gasteiger partial charge in [-0.05, 0) is 42.7 Å². The van der Waals surface area contributed by atoms with Crippen molar-refractivity contribution in [2.45, 2.75) is 25.9 Å². The molecular formula is C21H19NO5. The predicted molar refractivity (Wildman–Crippen MR) is 98.8 cm³/mol. The van der Waals surface area contributed by atoms with Crippen LogP contribution in [0.3, 0.4) is 0 Å². The molecule has 1 aliphatic carbocycles. The Morgan fingerprint density at radius 2 is 2.07 bits per heavy atom. The Hall–Kier alpha value is -3.02. The van der Waals surface area contributed by atoms with Crippen LogP contribution in [0, 0.1) is 0 Å². The van der Waals surface area contributed by atoms with E-state index in [4.69, 9.17) is 23.9 Å². The van der Waals surface area contributed by atoms with Crippen molar-refractivity contribution in [3.63, 3.8) is 0 Å². The predicted octanol–water partition coefficient (Wildman–Crippen LogP) is 3.23. The molecule has 0 aromatic heterocycles. The van der Waals surface area contributed by atoms with Gasteiger partial charge in [0.05, 0.1) is 12.8 Å². The van der Waals surface area contributed by atoms with Crippen molar-refractivity contribution in [2.75, 3.05) is 20.4 Å². The molecule has 0 bridgehead atoms. The first-order valence-corrected chi connectivity index (χ1v) is 8.92. The van der Waals surface area contributed by atoms with E-state index in [0.29, 0.717) is 12.3 Å². The van der Waals surface area contributed by atoms with Crippen LogP contribution in [-0.4, -0.2) is 32.1 Å². The van der Waals surface area contributed by atoms with E-state index < -0.39 is 5.60 Å². The van der Waals surface area contributed by atoms with Gasteiger partial charge >= 0.3 is 5.97 Å². The van der Waals surface area contributed by atoms with E-state index in [0.717, 1.165) is 51.4 Å². The molecule has 6 nitrogen and oxygen atoms in total. The number of methoxy groups -OCH3 is 1. The van der Waals surface area contributed by atoms with E-state index in [9.17, 15) is 4.79 Å². The second-order valence-electron chi connectivity index (χ2n) is 7.04. The van der Waals surface area contributed by atoms with Crippen LogP contribution < -0.4 is 14.2 Å². The summed E-state index contributed by atoms with van der Waals surface area (Å²) < 4.78 is 22.8. The van der Waals surface area contributed by atoms with Crippen LogP contribution in [0.4, 0.5) is 0 Å². The lowest BCUT2D eigenvalue weighted by Crippen LogP contribution is -2.43. The highest BCUT2D eigenvalue weighted by Gasteiger charge is 2.47. The maximum atomic E-state index is 12.0. The van der Waals surface area contributed by atoms with Crippen molar-refractivity contribution < 1.29 is 23.7 Å². The van der Waals surface area contributed by atoms with Crippen molar-refractivity contribution in [3.8, 4) is 28.4 Å². The Morgan fingerprint density at radius 1 is 1.22 bits per heavy atom. The summed E-state index contributed by atoms with van der Waals surface area (Å²) >= 11 is 0. The zero-order valence-corrected chi connectivity index (χ0v) is 15.4. The quantitative estimate of drug-likeness (QED) is 0.765. The average molecular weight is 365 g/mol. The third-order valence-corrected chi connectivity index (χ3v) is 5.44. The van der Waals surface area contributed by atoms with Crippen molar-refractivity contribution in [2.24, 2.45) is 4.99 Å². The molecule has 2 heterocycles. The molecule has 27 heavy (non-hydrogen) atoms. The smallest absolute Gasteiger partial charge is 0.303 e. The summed E-state index contributed by atoms with van der Waals surface area (Å²) in [5.41, 5.74) is 4.63. The molecule has 0 spiro atoms. The van der Waals surface area contributed by atoms with Crippen LogP contribution in [0.5, 0.6) is 17.2 Å². The lowest BCUT2D eigenvalue weighted by molar-refractivity contribution is -0.150. The van der Waals surface area contributed by atoms with Gasteiger partial charge in [0.15, 0.2) is 17.1 Å². The first-order chi connectivity index (χ1) is 13.0. The van der Waals surface area contributed by atoms with Gasteiger partial charge in [-0.3, -0.25) is 9.79 Å². The average Bonchev–Trinajstić information content (AvgIpc) is 3.12. The summed E-state index contributed by atoms with van der Waals surface area (Å²) in [5, 5.41) is 0. The standard InChI is InChI=1S/C21H19NO5/c1-11(23)27-21(2)15-9-13(24-3)4-5-14(15)18-17-12(6-7-22-20(17)21)8-16-19(18)26-10-25-16/h4-5,8-9H,6-7,10H2,1-3H3. The Bertz CT molecular complexity index is 1030. The van der Waals surface area contributed by atoms with Crippen molar-refractivity contribution in [1.29, 1.82) is 0 Å². The molecule has 0 radical (unpaired) electrons. The molecule has 2 aromatic rings. The number of fused-ring (bicyclic) bond motifs is 4. The van der Waals surface area contributed by atoms with Gasteiger partial charge < -0.3 is 18.9 Å². The summed E-state index contributed by atoms with van der Waals surface area (Å²) in [6.45, 7) is 4.15. The van der Waals surface area contributed by atoms with Crippen LogP contribution in [0.2, 0.25) is 0 Å². The Morgan fingerprint density at radius 3 is 2.85 bits per heavy atom. The molecule has 6 heteroatoms. The van der Waals surface area contributed by atoms with Crippen LogP contribution in [0.15, 0.2) is 29.3 Å². The van der Waals surface area contributed by atoms with Gasteiger partial charge in [0.25, 0.3) is 0 Å². The molecule has 0 saturated carbocycles. The van der Waals surface area contributed by atoms with Crippen LogP contribution in [-0.2, 0) is 21.6 Å². The molecule has 2 aliphatic heterocycles. The van der Waals surface area contributed by atoms with Crippen molar-refractivity contribution >= 4 is 11.7 Å². The number of carbonyl (C=O) groups excluding carboxylic acids is 1. The van der Waals surface area contributed by atoms with E-state index in [1.807, 2.05) is 31.2 Å². The number of benzene rings is 2. The number of hydrogen-bond donors (Lipinski definition) is 0. The van der Waals surface area contributed by atoms with E-state index in [1.54, 1.807) is 7.11 Å². The van der Waals surface area contributed by atoms with Crippen LogP contribution >= 0.6 is 0 Å². The van der Waals surface area contributed by atoms with Gasteiger partial charge in [-0.2, -0.15) is 0 Å². The number of aliphatic imine (C=N–C) groups is 1. The highest BCUT2D eigenvalue weighted by molar-refractivity contribution is 6.18. The number of hydrogen-bond acceptors (Lipinski definition) is 6. The first kappa shape index (κ1) is 16.2. The minimum atomic E-state index is -0.994. The number of nitrogens with zero attached hydrogens (tertiary/aromatic N) is 1. The SMILES string of the molecule is COc1ccc2c(c1)C(C)(OC(C)=O)C1=NCCc3cc4c(c-2c31)OCO4. The molecule has 0 fully saturated rings. The number of ether oxygens (including phenoxy) is 4. The molecule has 3 aliphatic rings. The van der Waals surface area contributed by atoms with Gasteiger partial charge in [0.2, 0.25) is 6.79 Å². The minimum Gasteiger partial charge on any atom is -0.497 e. The molecule has 1 atom stereocenters. The second kappa shape index (κ2) is 5.49. The molecule has 138 valence electrons. The van der Waals surface area contributed by atoms with E-state index in [2.05, 4.69) is 0 Å². The summed E-state index contributed by atoms with van der Waals surface area (Å²) in [4.78, 5) is 16.8. The number of rotatable bonds is 2. The number of carbonyl (C=O) groups is 1. The molecule has 0 saturated heterocycles. The maximum Gasteiger partial charge on any atom is 0.303 e. The Balaban J connectivity index is 1.89. The van der Waals surface area contributed by atoms with Crippen molar-refractivity contribution in [3.05, 3.63) is 41.0 Å². The highest BCUT2D eigenvalue weighted by Crippen LogP contribution is 2.54. The molecule has 2 aromatic carbocycles. The molecular weight excluding hydrogens is 346 g/mol. The van der Waals surface area contributed by atoms with Gasteiger partial charge in [-0.1, -0.05) is 6.07 Å². The Labute approximate surface area is 156 Å². The van der Waals surface area contributed by atoms with Gasteiger partial charge in [0.1, 0.15) is 5.75 Å². The fraction of sp³-hybridized carbons (Fsp3) is 0.333. The fourth-order valence-corrected chi connectivity index (χ4v) is 4.36. The van der Waals surface area contributed by atoms with Gasteiger partial charge in [-0.15, -0.1) is 0 Å². The summed E-state index contributed by atoms with van der Waals surface area (Å²) in [7, 11) is 1.62. The largest absolute Gasteiger partial charge is 0.497 e. The van der Waals surface area contributed by atoms with Gasteiger partial charge in [-0.25, -0.2) is 0 Å². The van der Waals surface area contributed by atoms with Gasteiger partial charge in [0, 0.05) is 30.2 Å². The molecule has 0 amide bonds.